The van der Waals surface area contributed by atoms with Gasteiger partial charge in [-0.1, -0.05) is 12.8 Å². The van der Waals surface area contributed by atoms with Crippen molar-refractivity contribution in [2.75, 3.05) is 19.3 Å². The molecule has 1 aliphatic heterocycles. The summed E-state index contributed by atoms with van der Waals surface area (Å²) < 4.78 is 24.0. The van der Waals surface area contributed by atoms with Crippen molar-refractivity contribution in [1.82, 2.24) is 9.88 Å². The van der Waals surface area contributed by atoms with Gasteiger partial charge in [-0.15, -0.1) is 0 Å². The van der Waals surface area contributed by atoms with E-state index in [4.69, 9.17) is 0 Å². The zero-order chi connectivity index (χ0) is 16.4. The van der Waals surface area contributed by atoms with Crippen LogP contribution in [0.25, 0.3) is 0 Å². The lowest BCUT2D eigenvalue weighted by Gasteiger charge is -2.34. The molecule has 1 aromatic heterocycles. The normalized spacial score (nSPS) is 23.2. The molecule has 0 aromatic carbocycles. The van der Waals surface area contributed by atoms with Gasteiger partial charge in [0.25, 0.3) is 0 Å². The van der Waals surface area contributed by atoms with Crippen LogP contribution >= 0.6 is 0 Å². The maximum absolute atomic E-state index is 12.6. The lowest BCUT2D eigenvalue weighted by atomic mass is 9.93. The molecule has 2 fully saturated rings. The minimum atomic E-state index is -3.30. The molecule has 1 atom stereocenters. The van der Waals surface area contributed by atoms with Gasteiger partial charge in [-0.05, 0) is 37.8 Å². The first-order valence-corrected chi connectivity index (χ1v) is 10.3. The standard InChI is InChI=1S/C17H24N2O3S/c1-23(21,22)15-9-4-10-18-16(15)14-8-5-11-19(12-14)17(20)13-6-2-3-7-13/h4,9-10,13-14H,2-3,5-8,11-12H2,1H3/t14-/m0/s1. The average Bonchev–Trinajstić information content (AvgIpc) is 3.08. The molecule has 1 aromatic rings. The summed E-state index contributed by atoms with van der Waals surface area (Å²) in [5, 5.41) is 0. The van der Waals surface area contributed by atoms with Gasteiger partial charge >= 0.3 is 0 Å². The summed E-state index contributed by atoms with van der Waals surface area (Å²) >= 11 is 0. The number of rotatable bonds is 3. The SMILES string of the molecule is CS(=O)(=O)c1cccnc1[C@H]1CCCN(C(=O)C2CCCC2)C1. The number of likely N-dealkylation sites (tertiary alicyclic amines) is 1. The van der Waals surface area contributed by atoms with E-state index in [1.54, 1.807) is 18.3 Å². The Balaban J connectivity index is 1.80. The second-order valence-corrected chi connectivity index (χ2v) is 8.75. The zero-order valence-corrected chi connectivity index (χ0v) is 14.4. The predicted octanol–water partition coefficient (Wildman–Crippen LogP) is 2.38. The highest BCUT2D eigenvalue weighted by Gasteiger charge is 2.33. The summed E-state index contributed by atoms with van der Waals surface area (Å²) in [6.45, 7) is 1.38. The Morgan fingerprint density at radius 3 is 2.65 bits per heavy atom. The number of hydrogen-bond donors (Lipinski definition) is 0. The van der Waals surface area contributed by atoms with Crippen LogP contribution in [0.5, 0.6) is 0 Å². The number of carbonyl (C=O) groups excluding carboxylic acids is 1. The van der Waals surface area contributed by atoms with Gasteiger partial charge in [0, 0.05) is 37.4 Å². The van der Waals surface area contributed by atoms with Gasteiger partial charge in [-0.25, -0.2) is 8.42 Å². The third-order valence-electron chi connectivity index (χ3n) is 5.02. The van der Waals surface area contributed by atoms with Crippen LogP contribution in [0.3, 0.4) is 0 Å². The maximum atomic E-state index is 12.6. The first kappa shape index (κ1) is 16.4. The molecule has 2 heterocycles. The van der Waals surface area contributed by atoms with Crippen LogP contribution in [0.4, 0.5) is 0 Å². The number of nitrogens with zero attached hydrogens (tertiary/aromatic N) is 2. The molecule has 5 nitrogen and oxygen atoms in total. The first-order chi connectivity index (χ1) is 11.0. The predicted molar refractivity (Wildman–Crippen MR) is 87.9 cm³/mol. The number of hydrogen-bond acceptors (Lipinski definition) is 4. The Kier molecular flexibility index (Phi) is 4.71. The van der Waals surface area contributed by atoms with Crippen LogP contribution in [0.2, 0.25) is 0 Å². The molecule has 0 bridgehead atoms. The van der Waals surface area contributed by atoms with E-state index in [0.717, 1.165) is 45.1 Å². The molecule has 1 aliphatic carbocycles. The fourth-order valence-electron chi connectivity index (χ4n) is 3.85. The van der Waals surface area contributed by atoms with Gasteiger partial charge in [0.05, 0.1) is 10.6 Å². The molecule has 6 heteroatoms. The van der Waals surface area contributed by atoms with E-state index in [9.17, 15) is 13.2 Å². The molecule has 23 heavy (non-hydrogen) atoms. The fraction of sp³-hybridized carbons (Fsp3) is 0.647. The smallest absolute Gasteiger partial charge is 0.225 e. The van der Waals surface area contributed by atoms with Crippen LogP contribution in [0.1, 0.15) is 50.1 Å². The van der Waals surface area contributed by atoms with Crippen molar-refractivity contribution in [3.63, 3.8) is 0 Å². The van der Waals surface area contributed by atoms with E-state index >= 15 is 0 Å². The van der Waals surface area contributed by atoms with Gasteiger partial charge in [0.2, 0.25) is 5.91 Å². The molecule has 1 amide bonds. The lowest BCUT2D eigenvalue weighted by Crippen LogP contribution is -2.42. The van der Waals surface area contributed by atoms with Crippen molar-refractivity contribution in [3.05, 3.63) is 24.0 Å². The third-order valence-corrected chi connectivity index (χ3v) is 6.17. The minimum absolute atomic E-state index is 0.0139. The molecule has 126 valence electrons. The zero-order valence-electron chi connectivity index (χ0n) is 13.6. The minimum Gasteiger partial charge on any atom is -0.342 e. The molecule has 1 saturated heterocycles. The van der Waals surface area contributed by atoms with Crippen molar-refractivity contribution in [2.24, 2.45) is 5.92 Å². The third kappa shape index (κ3) is 3.57. The highest BCUT2D eigenvalue weighted by Crippen LogP contribution is 2.33. The number of pyridine rings is 1. The quantitative estimate of drug-likeness (QED) is 0.850. The number of aromatic nitrogens is 1. The highest BCUT2D eigenvalue weighted by atomic mass is 32.2. The van der Waals surface area contributed by atoms with Gasteiger partial charge in [-0.3, -0.25) is 9.78 Å². The van der Waals surface area contributed by atoms with Crippen LogP contribution in [-0.4, -0.2) is 43.6 Å². The molecule has 0 radical (unpaired) electrons. The summed E-state index contributed by atoms with van der Waals surface area (Å²) in [7, 11) is -3.30. The average molecular weight is 336 g/mol. The van der Waals surface area contributed by atoms with Crippen LogP contribution in [-0.2, 0) is 14.6 Å². The molecule has 3 rings (SSSR count). The van der Waals surface area contributed by atoms with Crippen molar-refractivity contribution >= 4 is 15.7 Å². The monoisotopic (exact) mass is 336 g/mol. The van der Waals surface area contributed by atoms with Crippen molar-refractivity contribution in [3.8, 4) is 0 Å². The Morgan fingerprint density at radius 2 is 1.96 bits per heavy atom. The van der Waals surface area contributed by atoms with Gasteiger partial charge in [0.1, 0.15) is 0 Å². The second kappa shape index (κ2) is 6.59. The number of piperidine rings is 1. The molecular weight excluding hydrogens is 312 g/mol. The Labute approximate surface area is 138 Å². The fourth-order valence-corrected chi connectivity index (χ4v) is 4.78. The highest BCUT2D eigenvalue weighted by molar-refractivity contribution is 7.90. The van der Waals surface area contributed by atoms with Crippen LogP contribution < -0.4 is 0 Å². The summed E-state index contributed by atoms with van der Waals surface area (Å²) in [5.74, 6) is 0.441. The van der Waals surface area contributed by atoms with E-state index in [1.165, 1.54) is 6.26 Å². The molecule has 0 spiro atoms. The maximum Gasteiger partial charge on any atom is 0.225 e. The number of sulfone groups is 1. The van der Waals surface area contributed by atoms with E-state index in [1.807, 2.05) is 4.90 Å². The summed E-state index contributed by atoms with van der Waals surface area (Å²) in [5.41, 5.74) is 0.624. The summed E-state index contributed by atoms with van der Waals surface area (Å²) in [6.07, 6.45) is 8.94. The molecule has 2 aliphatic rings. The largest absolute Gasteiger partial charge is 0.342 e. The second-order valence-electron chi connectivity index (χ2n) is 6.76. The van der Waals surface area contributed by atoms with Crippen molar-refractivity contribution in [2.45, 2.75) is 49.3 Å². The Morgan fingerprint density at radius 1 is 1.22 bits per heavy atom. The topological polar surface area (TPSA) is 67.3 Å². The Bertz CT molecular complexity index is 681. The van der Waals surface area contributed by atoms with Crippen LogP contribution in [0.15, 0.2) is 23.2 Å². The van der Waals surface area contributed by atoms with Gasteiger partial charge in [0.15, 0.2) is 9.84 Å². The van der Waals surface area contributed by atoms with E-state index in [2.05, 4.69) is 4.98 Å². The lowest BCUT2D eigenvalue weighted by molar-refractivity contribution is -0.136. The van der Waals surface area contributed by atoms with E-state index in [0.29, 0.717) is 17.1 Å². The van der Waals surface area contributed by atoms with Gasteiger partial charge < -0.3 is 4.90 Å². The number of amides is 1. The molecule has 0 unspecified atom stereocenters. The van der Waals surface area contributed by atoms with Crippen molar-refractivity contribution < 1.29 is 13.2 Å². The first-order valence-electron chi connectivity index (χ1n) is 8.40. The summed E-state index contributed by atoms with van der Waals surface area (Å²) in [6, 6.07) is 3.28. The molecule has 0 N–H and O–H groups in total. The summed E-state index contributed by atoms with van der Waals surface area (Å²) in [4.78, 5) is 19.2. The molecule has 1 saturated carbocycles. The van der Waals surface area contributed by atoms with E-state index in [-0.39, 0.29) is 17.7 Å². The number of carbonyl (C=O) groups is 1. The molecular formula is C17H24N2O3S. The van der Waals surface area contributed by atoms with E-state index < -0.39 is 9.84 Å². The van der Waals surface area contributed by atoms with Crippen molar-refractivity contribution in [1.29, 1.82) is 0 Å². The van der Waals surface area contributed by atoms with Crippen LogP contribution in [0, 0.1) is 5.92 Å². The Hall–Kier alpha value is -1.43. The van der Waals surface area contributed by atoms with Gasteiger partial charge in [-0.2, -0.15) is 0 Å².